The minimum atomic E-state index is -0.824. The van der Waals surface area contributed by atoms with Crippen LogP contribution in [0.5, 0.6) is 11.6 Å². The van der Waals surface area contributed by atoms with Crippen LogP contribution in [0.2, 0.25) is 0 Å². The van der Waals surface area contributed by atoms with Gasteiger partial charge in [-0.1, -0.05) is 12.1 Å². The molecule has 31 heavy (non-hydrogen) atoms. The molecule has 9 heteroatoms. The van der Waals surface area contributed by atoms with Gasteiger partial charge in [-0.15, -0.1) is 0 Å². The molecule has 2 atom stereocenters. The molecule has 0 saturated carbocycles. The number of para-hydroxylation sites is 1. The molecule has 1 fully saturated rings. The molecule has 4 rings (SSSR count). The largest absolute Gasteiger partial charge is 0.503 e. The number of fused-ring (bicyclic) bond motifs is 1. The highest BCUT2D eigenvalue weighted by Crippen LogP contribution is 2.31. The number of ether oxygens (including phenoxy) is 2. The minimum absolute atomic E-state index is 0.0202. The number of nitrogens with one attached hydrogen (secondary N) is 1. The summed E-state index contributed by atoms with van der Waals surface area (Å²) >= 11 is 0. The lowest BCUT2D eigenvalue weighted by atomic mass is 9.99. The van der Waals surface area contributed by atoms with Crippen LogP contribution in [-0.4, -0.2) is 58.6 Å². The molecule has 0 radical (unpaired) electrons. The van der Waals surface area contributed by atoms with Gasteiger partial charge in [0.25, 0.3) is 11.8 Å². The molecule has 1 saturated heterocycles. The first kappa shape index (κ1) is 21.0. The van der Waals surface area contributed by atoms with Gasteiger partial charge in [0.2, 0.25) is 0 Å². The van der Waals surface area contributed by atoms with E-state index in [4.69, 9.17) is 9.47 Å². The molecule has 3 heterocycles. The van der Waals surface area contributed by atoms with Crippen molar-refractivity contribution in [2.24, 2.45) is 0 Å². The summed E-state index contributed by atoms with van der Waals surface area (Å²) in [5.74, 6) is -1.12. The maximum absolute atomic E-state index is 14.5. The standard InChI is InChI=1S/C22H22FN3O5/c1-30-22-20(28)12(5-7-24-22)9-13-10-17(25-19-14(13)3-2-4-15(19)23)21(29)26-16-6-8-31-11-18(16)27/h2-5,7,10,16,18,27-28H,6,8-9,11H2,1H3,(H,26,29)/t16-,18-/m0/s1. The maximum Gasteiger partial charge on any atom is 0.270 e. The van der Waals surface area contributed by atoms with E-state index in [-0.39, 0.29) is 35.9 Å². The van der Waals surface area contributed by atoms with Gasteiger partial charge in [0.15, 0.2) is 5.75 Å². The lowest BCUT2D eigenvalue weighted by Crippen LogP contribution is -2.48. The maximum atomic E-state index is 14.5. The first-order chi connectivity index (χ1) is 15.0. The first-order valence-electron chi connectivity index (χ1n) is 9.83. The molecule has 8 nitrogen and oxygen atoms in total. The van der Waals surface area contributed by atoms with Crippen LogP contribution >= 0.6 is 0 Å². The molecule has 0 unspecified atom stereocenters. The van der Waals surface area contributed by atoms with Crippen LogP contribution in [0.3, 0.4) is 0 Å². The van der Waals surface area contributed by atoms with E-state index in [1.165, 1.54) is 19.4 Å². The highest BCUT2D eigenvalue weighted by Gasteiger charge is 2.26. The molecule has 2 aromatic heterocycles. The van der Waals surface area contributed by atoms with Crippen molar-refractivity contribution in [3.05, 3.63) is 59.2 Å². The number of hydrogen-bond donors (Lipinski definition) is 3. The monoisotopic (exact) mass is 427 g/mol. The second-order valence-electron chi connectivity index (χ2n) is 7.32. The summed E-state index contributed by atoms with van der Waals surface area (Å²) in [5.41, 5.74) is 1.19. The van der Waals surface area contributed by atoms with E-state index in [2.05, 4.69) is 15.3 Å². The van der Waals surface area contributed by atoms with Crippen molar-refractivity contribution in [2.75, 3.05) is 20.3 Å². The normalized spacial score (nSPS) is 18.7. The summed E-state index contributed by atoms with van der Waals surface area (Å²) in [7, 11) is 1.40. The number of methoxy groups -OCH3 is 1. The number of aromatic nitrogens is 2. The lowest BCUT2D eigenvalue weighted by Gasteiger charge is -2.28. The molecule has 3 N–H and O–H groups in total. The Bertz CT molecular complexity index is 1120. The number of carbonyl (C=O) groups excluding carboxylic acids is 1. The first-order valence-corrected chi connectivity index (χ1v) is 9.83. The van der Waals surface area contributed by atoms with E-state index in [1.54, 1.807) is 24.3 Å². The van der Waals surface area contributed by atoms with E-state index in [1.807, 2.05) is 0 Å². The van der Waals surface area contributed by atoms with E-state index >= 15 is 0 Å². The van der Waals surface area contributed by atoms with Crippen LogP contribution in [0, 0.1) is 5.82 Å². The molecule has 1 aliphatic rings. The van der Waals surface area contributed by atoms with Crippen molar-refractivity contribution < 1.29 is 28.9 Å². The second-order valence-corrected chi connectivity index (χ2v) is 7.32. The zero-order valence-electron chi connectivity index (χ0n) is 16.8. The van der Waals surface area contributed by atoms with Crippen molar-refractivity contribution in [1.82, 2.24) is 15.3 Å². The summed E-state index contributed by atoms with van der Waals surface area (Å²) in [4.78, 5) is 21.0. The zero-order chi connectivity index (χ0) is 22.0. The molecule has 0 bridgehead atoms. The fourth-order valence-corrected chi connectivity index (χ4v) is 3.65. The number of amides is 1. The Kier molecular flexibility index (Phi) is 5.97. The van der Waals surface area contributed by atoms with Crippen LogP contribution in [-0.2, 0) is 11.2 Å². The number of aromatic hydroxyl groups is 1. The average Bonchev–Trinajstić information content (AvgIpc) is 2.77. The van der Waals surface area contributed by atoms with Gasteiger partial charge in [-0.05, 0) is 30.2 Å². The Morgan fingerprint density at radius 2 is 2.19 bits per heavy atom. The summed E-state index contributed by atoms with van der Waals surface area (Å²) in [6.45, 7) is 0.565. The average molecular weight is 427 g/mol. The number of pyridine rings is 2. The number of hydrogen-bond acceptors (Lipinski definition) is 7. The zero-order valence-corrected chi connectivity index (χ0v) is 16.8. The molecule has 1 aromatic carbocycles. The van der Waals surface area contributed by atoms with E-state index in [0.29, 0.717) is 29.5 Å². The Balaban J connectivity index is 1.73. The number of carbonyl (C=O) groups is 1. The smallest absolute Gasteiger partial charge is 0.270 e. The molecule has 3 aromatic rings. The van der Waals surface area contributed by atoms with Crippen LogP contribution < -0.4 is 10.1 Å². The van der Waals surface area contributed by atoms with Crippen molar-refractivity contribution in [2.45, 2.75) is 25.0 Å². The second kappa shape index (κ2) is 8.83. The third-order valence-corrected chi connectivity index (χ3v) is 5.30. The Morgan fingerprint density at radius 1 is 1.35 bits per heavy atom. The molecule has 0 spiro atoms. The highest BCUT2D eigenvalue weighted by atomic mass is 19.1. The minimum Gasteiger partial charge on any atom is -0.503 e. The van der Waals surface area contributed by atoms with E-state index in [9.17, 15) is 19.4 Å². The fraction of sp³-hybridized carbons (Fsp3) is 0.318. The van der Waals surface area contributed by atoms with Gasteiger partial charge in [0, 0.05) is 30.2 Å². The Morgan fingerprint density at radius 3 is 2.97 bits per heavy atom. The van der Waals surface area contributed by atoms with Crippen LogP contribution in [0.4, 0.5) is 4.39 Å². The predicted octanol–water partition coefficient (Wildman–Crippen LogP) is 1.95. The van der Waals surface area contributed by atoms with Gasteiger partial charge in [-0.3, -0.25) is 4.79 Å². The van der Waals surface area contributed by atoms with Crippen molar-refractivity contribution in [3.63, 3.8) is 0 Å². The summed E-state index contributed by atoms with van der Waals surface area (Å²) < 4.78 is 24.8. The molecule has 0 aliphatic carbocycles. The third kappa shape index (κ3) is 4.28. The quantitative estimate of drug-likeness (QED) is 0.570. The summed E-state index contributed by atoms with van der Waals surface area (Å²) in [6, 6.07) is 7.26. The van der Waals surface area contributed by atoms with Crippen molar-refractivity contribution in [3.8, 4) is 11.6 Å². The van der Waals surface area contributed by atoms with E-state index in [0.717, 1.165) is 0 Å². The van der Waals surface area contributed by atoms with E-state index < -0.39 is 23.9 Å². The number of halogens is 1. The third-order valence-electron chi connectivity index (χ3n) is 5.30. The fourth-order valence-electron chi connectivity index (χ4n) is 3.65. The van der Waals surface area contributed by atoms with Crippen LogP contribution in [0.25, 0.3) is 10.9 Å². The molecule has 1 aliphatic heterocycles. The number of rotatable bonds is 5. The van der Waals surface area contributed by atoms with Gasteiger partial charge in [0.05, 0.1) is 25.9 Å². The van der Waals surface area contributed by atoms with Crippen molar-refractivity contribution >= 4 is 16.8 Å². The number of benzene rings is 1. The van der Waals surface area contributed by atoms with Gasteiger partial charge in [-0.2, -0.15) is 0 Å². The van der Waals surface area contributed by atoms with Gasteiger partial charge in [0.1, 0.15) is 17.0 Å². The molecular formula is C22H22FN3O5. The Hall–Kier alpha value is -3.30. The van der Waals surface area contributed by atoms with Gasteiger partial charge < -0.3 is 25.0 Å². The molecular weight excluding hydrogens is 405 g/mol. The summed E-state index contributed by atoms with van der Waals surface area (Å²) in [5, 5.41) is 23.7. The summed E-state index contributed by atoms with van der Waals surface area (Å²) in [6.07, 6.45) is 1.34. The number of aliphatic hydroxyl groups is 1. The highest BCUT2D eigenvalue weighted by molar-refractivity contribution is 5.96. The van der Waals surface area contributed by atoms with Crippen LogP contribution in [0.15, 0.2) is 36.5 Å². The van der Waals surface area contributed by atoms with Crippen LogP contribution in [0.1, 0.15) is 28.0 Å². The Labute approximate surface area is 177 Å². The predicted molar refractivity (Wildman–Crippen MR) is 110 cm³/mol. The SMILES string of the molecule is COc1nccc(Cc2cc(C(=O)N[C@H]3CCOC[C@@H]3O)nc3c(F)cccc23)c1O. The lowest BCUT2D eigenvalue weighted by molar-refractivity contribution is -0.0261. The molecule has 1 amide bonds. The number of nitrogens with zero attached hydrogens (tertiary/aromatic N) is 2. The van der Waals surface area contributed by atoms with Gasteiger partial charge in [-0.25, -0.2) is 14.4 Å². The van der Waals surface area contributed by atoms with Gasteiger partial charge >= 0.3 is 0 Å². The van der Waals surface area contributed by atoms with Crippen molar-refractivity contribution in [1.29, 1.82) is 0 Å². The number of aliphatic hydroxyl groups excluding tert-OH is 1. The topological polar surface area (TPSA) is 114 Å². The molecule has 162 valence electrons.